The molecule has 3 N–H and O–H groups in total. The molecule has 1 saturated heterocycles. The fraction of sp³-hybridized carbons (Fsp3) is 0.632. The molecule has 0 bridgehead atoms. The zero-order valence-corrected chi connectivity index (χ0v) is 15.7. The molecule has 1 heterocycles. The molecular formula is C19H32N4O2. The van der Waals surface area contributed by atoms with Gasteiger partial charge in [0.25, 0.3) is 0 Å². The minimum atomic E-state index is -0.177. The van der Waals surface area contributed by atoms with Crippen molar-refractivity contribution in [3.05, 3.63) is 24.3 Å². The number of hydrogen-bond acceptors (Lipinski definition) is 4. The van der Waals surface area contributed by atoms with Crippen molar-refractivity contribution in [1.29, 1.82) is 0 Å². The Morgan fingerprint density at radius 1 is 1.20 bits per heavy atom. The zero-order chi connectivity index (χ0) is 18.3. The highest BCUT2D eigenvalue weighted by Gasteiger charge is 2.18. The van der Waals surface area contributed by atoms with Crippen molar-refractivity contribution in [1.82, 2.24) is 10.2 Å². The molecule has 1 fully saturated rings. The van der Waals surface area contributed by atoms with E-state index in [1.807, 2.05) is 32.0 Å². The number of para-hydroxylation sites is 2. The molecule has 6 heteroatoms. The number of carbonyl (C=O) groups excluding carboxylic acids is 1. The third-order valence-electron chi connectivity index (χ3n) is 4.74. The standard InChI is InChI=1S/C19H32N4O2/c1-19(2,15-24)9-6-10-20-18(25)21-16-7-4-5-8-17(16)23-13-11-22(3)12-14-23/h4-5,7-8,24H,6,9-15H2,1-3H3,(H2,20,21,25). The predicted octanol–water partition coefficient (Wildman–Crippen LogP) is 2.36. The molecular weight excluding hydrogens is 316 g/mol. The topological polar surface area (TPSA) is 67.8 Å². The molecule has 0 saturated carbocycles. The maximum absolute atomic E-state index is 12.2. The number of likely N-dealkylation sites (N-methyl/N-ethyl adjacent to an activating group) is 1. The Kier molecular flexibility index (Phi) is 7.08. The Hall–Kier alpha value is -1.79. The summed E-state index contributed by atoms with van der Waals surface area (Å²) in [5, 5.41) is 15.1. The lowest BCUT2D eigenvalue weighted by atomic mass is 9.89. The highest BCUT2D eigenvalue weighted by molar-refractivity contribution is 5.93. The smallest absolute Gasteiger partial charge is 0.319 e. The molecule has 0 aromatic heterocycles. The zero-order valence-electron chi connectivity index (χ0n) is 15.7. The first-order valence-electron chi connectivity index (χ1n) is 9.09. The number of anilines is 2. The van der Waals surface area contributed by atoms with Crippen LogP contribution in [0.5, 0.6) is 0 Å². The fourth-order valence-electron chi connectivity index (χ4n) is 2.92. The quantitative estimate of drug-likeness (QED) is 0.662. The van der Waals surface area contributed by atoms with Gasteiger partial charge < -0.3 is 25.5 Å². The van der Waals surface area contributed by atoms with Crippen molar-refractivity contribution < 1.29 is 9.90 Å². The second-order valence-corrected chi connectivity index (χ2v) is 7.61. The average Bonchev–Trinajstić information content (AvgIpc) is 2.60. The van der Waals surface area contributed by atoms with Gasteiger partial charge in [0.1, 0.15) is 0 Å². The number of aliphatic hydroxyl groups is 1. The molecule has 6 nitrogen and oxygen atoms in total. The van der Waals surface area contributed by atoms with Gasteiger partial charge in [0.05, 0.1) is 11.4 Å². The largest absolute Gasteiger partial charge is 0.396 e. The van der Waals surface area contributed by atoms with E-state index in [-0.39, 0.29) is 18.1 Å². The van der Waals surface area contributed by atoms with E-state index in [1.165, 1.54) is 0 Å². The molecule has 1 aliphatic heterocycles. The summed E-state index contributed by atoms with van der Waals surface area (Å²) in [5.41, 5.74) is 1.83. The highest BCUT2D eigenvalue weighted by Crippen LogP contribution is 2.26. The van der Waals surface area contributed by atoms with Crippen molar-refractivity contribution in [2.75, 3.05) is 56.6 Å². The van der Waals surface area contributed by atoms with Gasteiger partial charge in [-0.2, -0.15) is 0 Å². The summed E-state index contributed by atoms with van der Waals surface area (Å²) in [7, 11) is 2.13. The molecule has 140 valence electrons. The van der Waals surface area contributed by atoms with Gasteiger partial charge >= 0.3 is 6.03 Å². The third-order valence-corrected chi connectivity index (χ3v) is 4.74. The van der Waals surface area contributed by atoms with Crippen LogP contribution >= 0.6 is 0 Å². The number of carbonyl (C=O) groups is 1. The summed E-state index contributed by atoms with van der Waals surface area (Å²) in [5.74, 6) is 0. The summed E-state index contributed by atoms with van der Waals surface area (Å²) in [4.78, 5) is 16.8. The van der Waals surface area contributed by atoms with Crippen LogP contribution in [0, 0.1) is 5.41 Å². The average molecular weight is 348 g/mol. The Labute approximate surface area is 151 Å². The molecule has 25 heavy (non-hydrogen) atoms. The van der Waals surface area contributed by atoms with Crippen molar-refractivity contribution in [3.63, 3.8) is 0 Å². The van der Waals surface area contributed by atoms with Crippen LogP contribution in [0.1, 0.15) is 26.7 Å². The maximum Gasteiger partial charge on any atom is 0.319 e. The Balaban J connectivity index is 1.84. The molecule has 2 amide bonds. The summed E-state index contributed by atoms with van der Waals surface area (Å²) < 4.78 is 0. The van der Waals surface area contributed by atoms with Crippen LogP contribution < -0.4 is 15.5 Å². The highest BCUT2D eigenvalue weighted by atomic mass is 16.3. The molecule has 0 radical (unpaired) electrons. The molecule has 0 unspecified atom stereocenters. The number of amides is 2. The first-order chi connectivity index (χ1) is 11.9. The summed E-state index contributed by atoms with van der Waals surface area (Å²) in [6, 6.07) is 7.78. The van der Waals surface area contributed by atoms with Gasteiger partial charge in [-0.05, 0) is 37.4 Å². The number of urea groups is 1. The molecule has 2 rings (SSSR count). The van der Waals surface area contributed by atoms with Gasteiger partial charge in [0.15, 0.2) is 0 Å². The summed E-state index contributed by atoms with van der Waals surface area (Å²) in [6.07, 6.45) is 1.72. The number of nitrogens with one attached hydrogen (secondary N) is 2. The second kappa shape index (κ2) is 9.06. The summed E-state index contributed by atoms with van der Waals surface area (Å²) >= 11 is 0. The van der Waals surface area contributed by atoms with Gasteiger partial charge in [-0.1, -0.05) is 26.0 Å². The van der Waals surface area contributed by atoms with Gasteiger partial charge in [0, 0.05) is 39.3 Å². The second-order valence-electron chi connectivity index (χ2n) is 7.61. The number of piperazine rings is 1. The van der Waals surface area contributed by atoms with Crippen LogP contribution in [0.15, 0.2) is 24.3 Å². The summed E-state index contributed by atoms with van der Waals surface area (Å²) in [6.45, 7) is 8.81. The van der Waals surface area contributed by atoms with E-state index in [9.17, 15) is 9.90 Å². The van der Waals surface area contributed by atoms with Crippen LogP contribution in [0.2, 0.25) is 0 Å². The number of aliphatic hydroxyl groups excluding tert-OH is 1. The van der Waals surface area contributed by atoms with Crippen LogP contribution in [0.25, 0.3) is 0 Å². The molecule has 1 aromatic carbocycles. The van der Waals surface area contributed by atoms with Gasteiger partial charge in [-0.25, -0.2) is 4.79 Å². The van der Waals surface area contributed by atoms with E-state index < -0.39 is 0 Å². The first-order valence-corrected chi connectivity index (χ1v) is 9.09. The molecule has 0 aliphatic carbocycles. The van der Waals surface area contributed by atoms with Crippen molar-refractivity contribution in [3.8, 4) is 0 Å². The molecule has 1 aliphatic rings. The Morgan fingerprint density at radius 2 is 1.88 bits per heavy atom. The van der Waals surface area contributed by atoms with Gasteiger partial charge in [-0.3, -0.25) is 0 Å². The predicted molar refractivity (Wildman–Crippen MR) is 103 cm³/mol. The van der Waals surface area contributed by atoms with E-state index in [4.69, 9.17) is 0 Å². The van der Waals surface area contributed by atoms with Crippen LogP contribution in [-0.2, 0) is 0 Å². The lowest BCUT2D eigenvalue weighted by molar-refractivity contribution is 0.148. The number of rotatable bonds is 7. The minimum Gasteiger partial charge on any atom is -0.396 e. The van der Waals surface area contributed by atoms with Gasteiger partial charge in [0.2, 0.25) is 0 Å². The first kappa shape index (κ1) is 19.5. The molecule has 0 spiro atoms. The third kappa shape index (κ3) is 6.21. The monoisotopic (exact) mass is 348 g/mol. The number of nitrogens with zero attached hydrogens (tertiary/aromatic N) is 2. The molecule has 0 atom stereocenters. The van der Waals surface area contributed by atoms with E-state index in [0.717, 1.165) is 50.4 Å². The van der Waals surface area contributed by atoms with Crippen molar-refractivity contribution >= 4 is 17.4 Å². The Morgan fingerprint density at radius 3 is 2.56 bits per heavy atom. The van der Waals surface area contributed by atoms with E-state index in [0.29, 0.717) is 6.54 Å². The Bertz CT molecular complexity index is 554. The van der Waals surface area contributed by atoms with Crippen LogP contribution in [-0.4, -0.2) is 62.4 Å². The number of benzene rings is 1. The van der Waals surface area contributed by atoms with E-state index in [1.54, 1.807) is 0 Å². The van der Waals surface area contributed by atoms with Crippen LogP contribution in [0.4, 0.5) is 16.2 Å². The normalized spacial score (nSPS) is 15.9. The molecule has 1 aromatic rings. The van der Waals surface area contributed by atoms with Gasteiger partial charge in [-0.15, -0.1) is 0 Å². The van der Waals surface area contributed by atoms with Crippen LogP contribution in [0.3, 0.4) is 0 Å². The van der Waals surface area contributed by atoms with Crippen molar-refractivity contribution in [2.24, 2.45) is 5.41 Å². The van der Waals surface area contributed by atoms with Crippen molar-refractivity contribution in [2.45, 2.75) is 26.7 Å². The lowest BCUT2D eigenvalue weighted by Crippen LogP contribution is -2.44. The fourth-order valence-corrected chi connectivity index (χ4v) is 2.92. The minimum absolute atomic E-state index is 0.0911. The number of hydrogen-bond donors (Lipinski definition) is 3. The van der Waals surface area contributed by atoms with E-state index >= 15 is 0 Å². The maximum atomic E-state index is 12.2. The van der Waals surface area contributed by atoms with E-state index in [2.05, 4.69) is 33.5 Å². The lowest BCUT2D eigenvalue weighted by Gasteiger charge is -2.35. The SMILES string of the molecule is CN1CCN(c2ccccc2NC(=O)NCCCC(C)(C)CO)CC1.